The van der Waals surface area contributed by atoms with Gasteiger partial charge < -0.3 is 10.6 Å². The summed E-state index contributed by atoms with van der Waals surface area (Å²) < 4.78 is 0. The largest absolute Gasteiger partial charge is 0.383 e. The number of rotatable bonds is 4. The Bertz CT molecular complexity index is 885. The van der Waals surface area contributed by atoms with Gasteiger partial charge in [0.05, 0.1) is 23.5 Å². The standard InChI is InChI=1S/C19H22N6O/c1-13-12-22-24-19(26)17(13)18(21)23-15-2-4-16(5-3-15)25-10-7-14(6-9-20)8-11-25/h2-5,12,14H,6-8,10-11H2,1H3,(H2,21,23)(H,24,26). The molecule has 0 bridgehead atoms. The summed E-state index contributed by atoms with van der Waals surface area (Å²) in [6.07, 6.45) is 4.29. The maximum Gasteiger partial charge on any atom is 0.275 e. The smallest absolute Gasteiger partial charge is 0.275 e. The van der Waals surface area contributed by atoms with Crippen LogP contribution in [0.2, 0.25) is 0 Å². The number of nitriles is 1. The summed E-state index contributed by atoms with van der Waals surface area (Å²) in [5.74, 6) is 0.692. The molecule has 0 saturated carbocycles. The SMILES string of the molecule is Cc1cn[nH]c(=O)c1C(N)=Nc1ccc(N2CCC(CC#N)CC2)cc1. The van der Waals surface area contributed by atoms with E-state index in [0.717, 1.165) is 31.6 Å². The van der Waals surface area contributed by atoms with E-state index in [9.17, 15) is 4.79 Å². The number of aromatic nitrogens is 2. The molecule has 134 valence electrons. The molecule has 2 aromatic rings. The molecular weight excluding hydrogens is 328 g/mol. The van der Waals surface area contributed by atoms with Crippen molar-refractivity contribution in [3.05, 3.63) is 51.9 Å². The van der Waals surface area contributed by atoms with Crippen molar-refractivity contribution in [1.82, 2.24) is 10.2 Å². The van der Waals surface area contributed by atoms with Crippen LogP contribution in [0.1, 0.15) is 30.4 Å². The molecule has 0 aliphatic carbocycles. The molecule has 2 heterocycles. The first-order valence-electron chi connectivity index (χ1n) is 8.69. The molecule has 7 heteroatoms. The van der Waals surface area contributed by atoms with Gasteiger partial charge in [-0.25, -0.2) is 10.1 Å². The minimum Gasteiger partial charge on any atom is -0.383 e. The summed E-state index contributed by atoms with van der Waals surface area (Å²) in [5, 5.41) is 14.9. The number of hydrogen-bond donors (Lipinski definition) is 2. The summed E-state index contributed by atoms with van der Waals surface area (Å²) in [6, 6.07) is 10.1. The van der Waals surface area contributed by atoms with Crippen molar-refractivity contribution in [2.45, 2.75) is 26.2 Å². The molecule has 0 amide bonds. The highest BCUT2D eigenvalue weighted by Gasteiger charge is 2.19. The molecule has 1 aliphatic rings. The number of hydrogen-bond acceptors (Lipinski definition) is 5. The molecule has 0 atom stereocenters. The number of nitrogens with one attached hydrogen (secondary N) is 1. The summed E-state index contributed by atoms with van der Waals surface area (Å²) in [4.78, 5) is 18.6. The highest BCUT2D eigenvalue weighted by molar-refractivity contribution is 5.99. The van der Waals surface area contributed by atoms with Crippen molar-refractivity contribution in [3.8, 4) is 6.07 Å². The first kappa shape index (κ1) is 17.7. The van der Waals surface area contributed by atoms with E-state index in [2.05, 4.69) is 26.2 Å². The third-order valence-electron chi connectivity index (χ3n) is 4.76. The van der Waals surface area contributed by atoms with Crippen LogP contribution in [0.15, 0.2) is 40.2 Å². The fraction of sp³-hybridized carbons (Fsp3) is 0.368. The lowest BCUT2D eigenvalue weighted by molar-refractivity contribution is 0.413. The van der Waals surface area contributed by atoms with Gasteiger partial charge in [0.2, 0.25) is 0 Å². The molecule has 0 unspecified atom stereocenters. The Morgan fingerprint density at radius 3 is 2.69 bits per heavy atom. The van der Waals surface area contributed by atoms with Gasteiger partial charge in [-0.05, 0) is 55.5 Å². The molecule has 1 saturated heterocycles. The van der Waals surface area contributed by atoms with Crippen LogP contribution in [0.4, 0.5) is 11.4 Å². The average molecular weight is 350 g/mol. The van der Waals surface area contributed by atoms with Crippen molar-refractivity contribution in [3.63, 3.8) is 0 Å². The van der Waals surface area contributed by atoms with E-state index in [1.54, 1.807) is 13.1 Å². The number of amidine groups is 1. The van der Waals surface area contributed by atoms with Gasteiger partial charge in [0.25, 0.3) is 5.56 Å². The number of nitrogens with zero attached hydrogens (tertiary/aromatic N) is 4. The third-order valence-corrected chi connectivity index (χ3v) is 4.76. The van der Waals surface area contributed by atoms with E-state index in [-0.39, 0.29) is 11.4 Å². The van der Waals surface area contributed by atoms with Crippen LogP contribution in [0.3, 0.4) is 0 Å². The third kappa shape index (κ3) is 3.91. The van der Waals surface area contributed by atoms with Gasteiger partial charge in [-0.2, -0.15) is 10.4 Å². The number of anilines is 1. The minimum atomic E-state index is -0.344. The molecule has 0 radical (unpaired) electrons. The highest BCUT2D eigenvalue weighted by Crippen LogP contribution is 2.26. The van der Waals surface area contributed by atoms with Gasteiger partial charge in [-0.1, -0.05) is 0 Å². The zero-order valence-electron chi connectivity index (χ0n) is 14.8. The zero-order chi connectivity index (χ0) is 18.5. The van der Waals surface area contributed by atoms with E-state index in [0.29, 0.717) is 29.2 Å². The van der Waals surface area contributed by atoms with Crippen molar-refractivity contribution in [2.24, 2.45) is 16.6 Å². The number of aromatic amines is 1. The molecule has 3 rings (SSSR count). The predicted molar refractivity (Wildman–Crippen MR) is 102 cm³/mol. The van der Waals surface area contributed by atoms with Crippen LogP contribution in [0.25, 0.3) is 0 Å². The Hall–Kier alpha value is -3.14. The summed E-state index contributed by atoms with van der Waals surface area (Å²) in [7, 11) is 0. The van der Waals surface area contributed by atoms with Gasteiger partial charge in [-0.15, -0.1) is 0 Å². The monoisotopic (exact) mass is 350 g/mol. The van der Waals surface area contributed by atoms with Crippen LogP contribution in [-0.4, -0.2) is 29.1 Å². The second-order valence-electron chi connectivity index (χ2n) is 6.56. The van der Waals surface area contributed by atoms with E-state index < -0.39 is 0 Å². The number of H-pyrrole nitrogens is 1. The van der Waals surface area contributed by atoms with Gasteiger partial charge in [-0.3, -0.25) is 4.79 Å². The van der Waals surface area contributed by atoms with Gasteiger partial charge in [0, 0.05) is 25.2 Å². The Kier molecular flexibility index (Phi) is 5.32. The maximum atomic E-state index is 11.9. The Labute approximate surface area is 152 Å². The van der Waals surface area contributed by atoms with Crippen LogP contribution in [-0.2, 0) is 0 Å². The van der Waals surface area contributed by atoms with E-state index in [1.165, 1.54) is 0 Å². The van der Waals surface area contributed by atoms with E-state index in [1.807, 2.05) is 24.3 Å². The molecule has 7 nitrogen and oxygen atoms in total. The second-order valence-corrected chi connectivity index (χ2v) is 6.56. The van der Waals surface area contributed by atoms with E-state index in [4.69, 9.17) is 11.0 Å². The Morgan fingerprint density at radius 2 is 2.08 bits per heavy atom. The van der Waals surface area contributed by atoms with Gasteiger partial charge >= 0.3 is 0 Å². The van der Waals surface area contributed by atoms with Crippen LogP contribution in [0.5, 0.6) is 0 Å². The van der Waals surface area contributed by atoms with Crippen LogP contribution < -0.4 is 16.2 Å². The van der Waals surface area contributed by atoms with Crippen molar-refractivity contribution < 1.29 is 0 Å². The molecular formula is C19H22N6O. The van der Waals surface area contributed by atoms with Crippen molar-refractivity contribution >= 4 is 17.2 Å². The maximum absolute atomic E-state index is 11.9. The number of aryl methyl sites for hydroxylation is 1. The van der Waals surface area contributed by atoms with Crippen LogP contribution in [0, 0.1) is 24.2 Å². The molecule has 0 spiro atoms. The summed E-state index contributed by atoms with van der Waals surface area (Å²) in [5.41, 5.74) is 8.54. The normalized spacial score (nSPS) is 15.7. The first-order valence-corrected chi connectivity index (χ1v) is 8.69. The van der Waals surface area contributed by atoms with Gasteiger partial charge in [0.15, 0.2) is 0 Å². The number of nitrogens with two attached hydrogens (primary N) is 1. The van der Waals surface area contributed by atoms with Crippen LogP contribution >= 0.6 is 0 Å². The second kappa shape index (κ2) is 7.83. The van der Waals surface area contributed by atoms with E-state index >= 15 is 0 Å². The molecule has 1 aromatic carbocycles. The number of benzene rings is 1. The lowest BCUT2D eigenvalue weighted by Crippen LogP contribution is -2.33. The lowest BCUT2D eigenvalue weighted by Gasteiger charge is -2.32. The highest BCUT2D eigenvalue weighted by atomic mass is 16.1. The predicted octanol–water partition coefficient (Wildman–Crippen LogP) is 2.25. The van der Waals surface area contributed by atoms with Crippen molar-refractivity contribution in [1.29, 1.82) is 5.26 Å². The topological polar surface area (TPSA) is 111 Å². The fourth-order valence-electron chi connectivity index (χ4n) is 3.26. The Morgan fingerprint density at radius 1 is 1.38 bits per heavy atom. The molecule has 1 aromatic heterocycles. The molecule has 26 heavy (non-hydrogen) atoms. The lowest BCUT2D eigenvalue weighted by atomic mass is 9.94. The quantitative estimate of drug-likeness (QED) is 0.649. The number of piperidine rings is 1. The number of aliphatic imine (C=N–C) groups is 1. The molecule has 1 aliphatic heterocycles. The molecule has 1 fully saturated rings. The first-order chi connectivity index (χ1) is 12.6. The average Bonchev–Trinajstić information content (AvgIpc) is 2.63. The summed E-state index contributed by atoms with van der Waals surface area (Å²) in [6.45, 7) is 3.70. The fourth-order valence-corrected chi connectivity index (χ4v) is 3.26. The summed E-state index contributed by atoms with van der Waals surface area (Å²) >= 11 is 0. The zero-order valence-corrected chi connectivity index (χ0v) is 14.8. The Balaban J connectivity index is 1.72. The molecule has 3 N–H and O–H groups in total. The van der Waals surface area contributed by atoms with Gasteiger partial charge in [0.1, 0.15) is 5.84 Å². The van der Waals surface area contributed by atoms with Crippen molar-refractivity contribution in [2.75, 3.05) is 18.0 Å². The minimum absolute atomic E-state index is 0.177.